The van der Waals surface area contributed by atoms with Crippen LogP contribution in [0.5, 0.6) is 5.75 Å². The lowest BCUT2D eigenvalue weighted by atomic mass is 10.1. The zero-order chi connectivity index (χ0) is 19.2. The molecule has 2 heterocycles. The lowest BCUT2D eigenvalue weighted by Crippen LogP contribution is -2.44. The van der Waals surface area contributed by atoms with E-state index in [1.807, 2.05) is 24.0 Å². The topological polar surface area (TPSA) is 61.8 Å². The van der Waals surface area contributed by atoms with E-state index in [1.54, 1.807) is 26.4 Å². The van der Waals surface area contributed by atoms with Gasteiger partial charge < -0.3 is 20.3 Å². The highest BCUT2D eigenvalue weighted by atomic mass is 127. The van der Waals surface area contributed by atoms with Gasteiger partial charge in [-0.25, -0.2) is 9.37 Å². The maximum absolute atomic E-state index is 13.9. The second-order valence-corrected chi connectivity index (χ2v) is 6.61. The van der Waals surface area contributed by atoms with E-state index >= 15 is 0 Å². The van der Waals surface area contributed by atoms with E-state index in [-0.39, 0.29) is 35.8 Å². The van der Waals surface area contributed by atoms with Gasteiger partial charge in [-0.15, -0.1) is 24.0 Å². The van der Waals surface area contributed by atoms with Gasteiger partial charge in [0.1, 0.15) is 5.75 Å². The average molecular weight is 499 g/mol. The SMILES string of the molecule is CN=C(NCc1ccc(OC)c(C)c1)NC1CCN(c2ncccc2F)C1.I. The number of nitrogens with zero attached hydrogens (tertiary/aromatic N) is 3. The van der Waals surface area contributed by atoms with Crippen LogP contribution in [-0.2, 0) is 6.54 Å². The number of ether oxygens (including phenoxy) is 1. The van der Waals surface area contributed by atoms with Gasteiger partial charge >= 0.3 is 0 Å². The molecule has 0 radical (unpaired) electrons. The molecule has 8 heteroatoms. The Morgan fingerprint density at radius 1 is 1.39 bits per heavy atom. The number of rotatable bonds is 5. The first-order valence-corrected chi connectivity index (χ1v) is 9.07. The fourth-order valence-electron chi connectivity index (χ4n) is 3.30. The smallest absolute Gasteiger partial charge is 0.191 e. The minimum absolute atomic E-state index is 0. The highest BCUT2D eigenvalue weighted by Gasteiger charge is 2.25. The third-order valence-electron chi connectivity index (χ3n) is 4.71. The Labute approximate surface area is 182 Å². The van der Waals surface area contributed by atoms with Crippen molar-refractivity contribution in [2.24, 2.45) is 4.99 Å². The summed E-state index contributed by atoms with van der Waals surface area (Å²) >= 11 is 0. The van der Waals surface area contributed by atoms with Gasteiger partial charge in [-0.1, -0.05) is 12.1 Å². The molecule has 0 aliphatic carbocycles. The van der Waals surface area contributed by atoms with Gasteiger partial charge in [0.05, 0.1) is 7.11 Å². The van der Waals surface area contributed by atoms with E-state index in [9.17, 15) is 4.39 Å². The molecule has 6 nitrogen and oxygen atoms in total. The molecule has 0 bridgehead atoms. The molecule has 0 saturated carbocycles. The van der Waals surface area contributed by atoms with Crippen molar-refractivity contribution in [2.75, 3.05) is 32.1 Å². The number of aryl methyl sites for hydroxylation is 1. The number of aromatic nitrogens is 1. The van der Waals surface area contributed by atoms with E-state index in [2.05, 4.69) is 26.7 Å². The molecule has 1 atom stereocenters. The number of benzene rings is 1. The second kappa shape index (κ2) is 10.4. The molecule has 3 rings (SSSR count). The van der Waals surface area contributed by atoms with Crippen molar-refractivity contribution >= 4 is 35.8 Å². The van der Waals surface area contributed by atoms with Crippen LogP contribution in [0.2, 0.25) is 0 Å². The van der Waals surface area contributed by atoms with E-state index < -0.39 is 0 Å². The molecule has 1 aromatic carbocycles. The zero-order valence-corrected chi connectivity index (χ0v) is 18.7. The number of methoxy groups -OCH3 is 1. The molecule has 1 unspecified atom stereocenters. The third kappa shape index (κ3) is 5.46. The van der Waals surface area contributed by atoms with Crippen LogP contribution in [0.1, 0.15) is 17.5 Å². The quantitative estimate of drug-likeness (QED) is 0.376. The van der Waals surface area contributed by atoms with Gasteiger partial charge in [-0.2, -0.15) is 0 Å². The fraction of sp³-hybridized carbons (Fsp3) is 0.400. The Bertz CT molecular complexity index is 817. The van der Waals surface area contributed by atoms with Crippen LogP contribution in [0.3, 0.4) is 0 Å². The zero-order valence-electron chi connectivity index (χ0n) is 16.4. The second-order valence-electron chi connectivity index (χ2n) is 6.61. The summed E-state index contributed by atoms with van der Waals surface area (Å²) < 4.78 is 19.2. The molecule has 152 valence electrons. The van der Waals surface area contributed by atoms with Gasteiger partial charge in [-0.05, 0) is 42.7 Å². The first kappa shape index (κ1) is 22.2. The molecular formula is C20H27FIN5O. The molecule has 2 N–H and O–H groups in total. The predicted molar refractivity (Wildman–Crippen MR) is 121 cm³/mol. The molecule has 0 spiro atoms. The summed E-state index contributed by atoms with van der Waals surface area (Å²) in [7, 11) is 3.42. The Morgan fingerprint density at radius 3 is 2.89 bits per heavy atom. The first-order chi connectivity index (χ1) is 13.1. The number of anilines is 1. The van der Waals surface area contributed by atoms with Crippen LogP contribution in [0.15, 0.2) is 41.5 Å². The molecule has 2 aromatic rings. The minimum atomic E-state index is -0.282. The Morgan fingerprint density at radius 2 is 2.21 bits per heavy atom. The monoisotopic (exact) mass is 499 g/mol. The largest absolute Gasteiger partial charge is 0.496 e. The van der Waals surface area contributed by atoms with Gasteiger partial charge in [0, 0.05) is 38.9 Å². The summed E-state index contributed by atoms with van der Waals surface area (Å²) in [6.45, 7) is 4.14. The number of guanidine groups is 1. The van der Waals surface area contributed by atoms with Gasteiger partial charge in [0.2, 0.25) is 0 Å². The van der Waals surface area contributed by atoms with Crippen molar-refractivity contribution in [3.8, 4) is 5.75 Å². The number of aliphatic imine (C=N–C) groups is 1. The highest BCUT2D eigenvalue weighted by Crippen LogP contribution is 2.21. The normalized spacial score (nSPS) is 16.5. The maximum Gasteiger partial charge on any atom is 0.191 e. The lowest BCUT2D eigenvalue weighted by Gasteiger charge is -2.20. The van der Waals surface area contributed by atoms with E-state index in [4.69, 9.17) is 4.74 Å². The van der Waals surface area contributed by atoms with E-state index in [0.717, 1.165) is 35.8 Å². The van der Waals surface area contributed by atoms with Crippen LogP contribution in [0, 0.1) is 12.7 Å². The standard InChI is InChI=1S/C20H26FN5O.HI/c1-14-11-15(6-7-18(14)27-3)12-24-20(22-2)25-16-8-10-26(13-16)19-17(21)5-4-9-23-19;/h4-7,9,11,16H,8,10,12-13H2,1-3H3,(H2,22,24,25);1H. The summed E-state index contributed by atoms with van der Waals surface area (Å²) in [4.78, 5) is 10.4. The summed E-state index contributed by atoms with van der Waals surface area (Å²) in [5, 5.41) is 6.75. The number of halogens is 2. The maximum atomic E-state index is 13.9. The highest BCUT2D eigenvalue weighted by molar-refractivity contribution is 14.0. The summed E-state index contributed by atoms with van der Waals surface area (Å²) in [6, 6.07) is 9.35. The van der Waals surface area contributed by atoms with Crippen LogP contribution in [-0.4, -0.2) is 44.2 Å². The molecule has 1 aliphatic rings. The van der Waals surface area contributed by atoms with Crippen LogP contribution >= 0.6 is 24.0 Å². The minimum Gasteiger partial charge on any atom is -0.496 e. The number of nitrogens with one attached hydrogen (secondary N) is 2. The molecular weight excluding hydrogens is 472 g/mol. The van der Waals surface area contributed by atoms with Gasteiger partial charge in [0.25, 0.3) is 0 Å². The van der Waals surface area contributed by atoms with Gasteiger partial charge in [0.15, 0.2) is 17.6 Å². The number of pyridine rings is 1. The molecule has 1 aromatic heterocycles. The Balaban J connectivity index is 0.00000280. The number of hydrogen-bond donors (Lipinski definition) is 2. The fourth-order valence-corrected chi connectivity index (χ4v) is 3.30. The molecule has 1 fully saturated rings. The van der Waals surface area contributed by atoms with Crippen molar-refractivity contribution in [3.05, 3.63) is 53.5 Å². The lowest BCUT2D eigenvalue weighted by molar-refractivity contribution is 0.411. The van der Waals surface area contributed by atoms with Crippen molar-refractivity contribution in [1.29, 1.82) is 0 Å². The molecule has 0 amide bonds. The third-order valence-corrected chi connectivity index (χ3v) is 4.71. The van der Waals surface area contributed by atoms with Gasteiger partial charge in [-0.3, -0.25) is 4.99 Å². The van der Waals surface area contributed by atoms with Crippen molar-refractivity contribution in [2.45, 2.75) is 25.9 Å². The van der Waals surface area contributed by atoms with Crippen LogP contribution in [0.4, 0.5) is 10.2 Å². The predicted octanol–water partition coefficient (Wildman–Crippen LogP) is 3.10. The van der Waals surface area contributed by atoms with E-state index in [0.29, 0.717) is 18.9 Å². The van der Waals surface area contributed by atoms with Crippen LogP contribution < -0.4 is 20.3 Å². The molecule has 1 aliphatic heterocycles. The number of hydrogen-bond acceptors (Lipinski definition) is 4. The summed E-state index contributed by atoms with van der Waals surface area (Å²) in [6.07, 6.45) is 2.52. The summed E-state index contributed by atoms with van der Waals surface area (Å²) in [5.74, 6) is 1.75. The van der Waals surface area contributed by atoms with Crippen LogP contribution in [0.25, 0.3) is 0 Å². The van der Waals surface area contributed by atoms with Crippen molar-refractivity contribution in [3.63, 3.8) is 0 Å². The summed E-state index contributed by atoms with van der Waals surface area (Å²) in [5.41, 5.74) is 2.25. The average Bonchev–Trinajstić information content (AvgIpc) is 3.14. The van der Waals surface area contributed by atoms with Crippen molar-refractivity contribution in [1.82, 2.24) is 15.6 Å². The van der Waals surface area contributed by atoms with E-state index in [1.165, 1.54) is 6.07 Å². The Hall–Kier alpha value is -2.10. The molecule has 28 heavy (non-hydrogen) atoms. The first-order valence-electron chi connectivity index (χ1n) is 9.07. The van der Waals surface area contributed by atoms with Crippen molar-refractivity contribution < 1.29 is 9.13 Å². The Kier molecular flexibility index (Phi) is 8.28. The molecule has 1 saturated heterocycles.